The minimum Gasteiger partial charge on any atom is -0.484 e. The van der Waals surface area contributed by atoms with Gasteiger partial charge in [-0.1, -0.05) is 60.6 Å². The van der Waals surface area contributed by atoms with Crippen molar-refractivity contribution in [3.8, 4) is 5.75 Å². The van der Waals surface area contributed by atoms with Gasteiger partial charge in [0.25, 0.3) is 5.89 Å². The van der Waals surface area contributed by atoms with Crippen molar-refractivity contribution in [1.82, 2.24) is 14.4 Å². The maximum Gasteiger partial charge on any atom is 0.264 e. The third-order valence-corrected chi connectivity index (χ3v) is 7.16. The number of sulfonamides is 1. The smallest absolute Gasteiger partial charge is 0.264 e. The number of hydrogen-bond donors (Lipinski definition) is 0. The summed E-state index contributed by atoms with van der Waals surface area (Å²) in [5, 5.41) is 4.14. The van der Waals surface area contributed by atoms with Gasteiger partial charge in [0.1, 0.15) is 5.75 Å². The molecule has 0 saturated carbocycles. The van der Waals surface area contributed by atoms with Crippen LogP contribution in [0.5, 0.6) is 5.75 Å². The van der Waals surface area contributed by atoms with Gasteiger partial charge >= 0.3 is 0 Å². The van der Waals surface area contributed by atoms with Gasteiger partial charge in [-0.3, -0.25) is 0 Å². The molecule has 3 aromatic rings. The predicted molar refractivity (Wildman–Crippen MR) is 112 cm³/mol. The van der Waals surface area contributed by atoms with Gasteiger partial charge in [0, 0.05) is 18.5 Å². The van der Waals surface area contributed by atoms with Gasteiger partial charge in [0.2, 0.25) is 10.0 Å². The van der Waals surface area contributed by atoms with E-state index in [1.807, 2.05) is 67.6 Å². The molecule has 1 atom stereocenters. The fraction of sp³-hybridized carbons (Fsp3) is 0.364. The lowest BCUT2D eigenvalue weighted by molar-refractivity contribution is 0.221. The minimum atomic E-state index is -3.43. The van der Waals surface area contributed by atoms with Crippen LogP contribution in [0.2, 0.25) is 0 Å². The van der Waals surface area contributed by atoms with Crippen molar-refractivity contribution in [3.05, 3.63) is 77.9 Å². The van der Waals surface area contributed by atoms with Crippen LogP contribution in [0.1, 0.15) is 37.0 Å². The van der Waals surface area contributed by atoms with E-state index in [9.17, 15) is 8.42 Å². The summed E-state index contributed by atoms with van der Waals surface area (Å²) in [6, 6.07) is 18.7. The zero-order chi connectivity index (χ0) is 21.0. The van der Waals surface area contributed by atoms with E-state index in [4.69, 9.17) is 9.26 Å². The molecular formula is C22H25N3O4S. The van der Waals surface area contributed by atoms with Crippen molar-refractivity contribution < 1.29 is 17.7 Å². The Hall–Kier alpha value is -2.71. The van der Waals surface area contributed by atoms with Crippen molar-refractivity contribution in [2.24, 2.45) is 0 Å². The first-order valence-electron chi connectivity index (χ1n) is 9.97. The Morgan fingerprint density at radius 2 is 1.80 bits per heavy atom. The van der Waals surface area contributed by atoms with Gasteiger partial charge in [-0.2, -0.15) is 4.98 Å². The largest absolute Gasteiger partial charge is 0.484 e. The average Bonchev–Trinajstić information content (AvgIpc) is 3.24. The van der Waals surface area contributed by atoms with Gasteiger partial charge in [-0.25, -0.2) is 12.7 Å². The van der Waals surface area contributed by atoms with Crippen LogP contribution in [-0.2, 0) is 27.8 Å². The van der Waals surface area contributed by atoms with Crippen LogP contribution < -0.4 is 4.74 Å². The summed E-state index contributed by atoms with van der Waals surface area (Å²) in [5.41, 5.74) is 0.279. The highest BCUT2D eigenvalue weighted by Gasteiger charge is 2.40. The Morgan fingerprint density at radius 1 is 1.10 bits per heavy atom. The number of para-hydroxylation sites is 1. The topological polar surface area (TPSA) is 85.5 Å². The first-order valence-corrected chi connectivity index (χ1v) is 11.6. The molecule has 0 bridgehead atoms. The Morgan fingerprint density at radius 3 is 2.53 bits per heavy atom. The predicted octanol–water partition coefficient (Wildman–Crippen LogP) is 3.53. The molecule has 1 unspecified atom stereocenters. The molecule has 2 aromatic carbocycles. The number of rotatable bonds is 7. The average molecular weight is 428 g/mol. The van der Waals surface area contributed by atoms with Gasteiger partial charge in [-0.15, -0.1) is 0 Å². The third kappa shape index (κ3) is 4.71. The van der Waals surface area contributed by atoms with E-state index in [1.165, 1.54) is 0 Å². The van der Waals surface area contributed by atoms with Crippen LogP contribution in [0.15, 0.2) is 65.2 Å². The highest BCUT2D eigenvalue weighted by molar-refractivity contribution is 7.88. The summed E-state index contributed by atoms with van der Waals surface area (Å²) in [5.74, 6) is 1.61. The monoisotopic (exact) mass is 427 g/mol. The molecule has 8 heteroatoms. The molecule has 7 nitrogen and oxygen atoms in total. The molecule has 1 aromatic heterocycles. The van der Waals surface area contributed by atoms with Gasteiger partial charge in [0.15, 0.2) is 12.4 Å². The number of nitrogens with zero attached hydrogens (tertiary/aromatic N) is 3. The lowest BCUT2D eigenvalue weighted by atomic mass is 9.82. The molecule has 30 heavy (non-hydrogen) atoms. The summed E-state index contributed by atoms with van der Waals surface area (Å²) in [4.78, 5) is 4.50. The van der Waals surface area contributed by atoms with E-state index >= 15 is 0 Å². The fourth-order valence-electron chi connectivity index (χ4n) is 3.71. The molecule has 4 rings (SSSR count). The van der Waals surface area contributed by atoms with E-state index in [1.54, 1.807) is 4.31 Å². The number of piperidine rings is 1. The van der Waals surface area contributed by atoms with Gasteiger partial charge in [0.05, 0.1) is 5.75 Å². The quantitative estimate of drug-likeness (QED) is 0.573. The van der Waals surface area contributed by atoms with Crippen LogP contribution >= 0.6 is 0 Å². The summed E-state index contributed by atoms with van der Waals surface area (Å²) in [6.07, 6.45) is 1.54. The molecule has 158 valence electrons. The Labute approximate surface area is 176 Å². The van der Waals surface area contributed by atoms with E-state index in [0.717, 1.165) is 24.2 Å². The summed E-state index contributed by atoms with van der Waals surface area (Å²) in [6.45, 7) is 3.00. The maximum absolute atomic E-state index is 13.0. The van der Waals surface area contributed by atoms with E-state index < -0.39 is 15.4 Å². The van der Waals surface area contributed by atoms with Crippen LogP contribution in [0.3, 0.4) is 0 Å². The minimum absolute atomic E-state index is 0.00761. The van der Waals surface area contributed by atoms with E-state index in [0.29, 0.717) is 24.8 Å². The second-order valence-corrected chi connectivity index (χ2v) is 9.82. The highest BCUT2D eigenvalue weighted by Crippen LogP contribution is 2.33. The van der Waals surface area contributed by atoms with E-state index in [2.05, 4.69) is 10.1 Å². The molecule has 0 spiro atoms. The summed E-state index contributed by atoms with van der Waals surface area (Å²) >= 11 is 0. The number of benzene rings is 2. The van der Waals surface area contributed by atoms with Crippen LogP contribution in [-0.4, -0.2) is 36.0 Å². The second-order valence-electron chi connectivity index (χ2n) is 7.85. The zero-order valence-corrected chi connectivity index (χ0v) is 17.7. The van der Waals surface area contributed by atoms with Crippen LogP contribution in [0.4, 0.5) is 0 Å². The number of aromatic nitrogens is 2. The summed E-state index contributed by atoms with van der Waals surface area (Å²) < 4.78 is 38.5. The van der Waals surface area contributed by atoms with Crippen molar-refractivity contribution in [2.75, 3.05) is 13.1 Å². The SMILES string of the molecule is CC1(c2noc(COc3ccccc3)n2)CCCN(S(=O)(=O)Cc2ccccc2)C1. The van der Waals surface area contributed by atoms with Crippen LogP contribution in [0.25, 0.3) is 0 Å². The standard InChI is InChI=1S/C22H25N3O4S/c1-22(21-23-20(29-24-21)15-28-19-11-6-3-7-12-19)13-8-14-25(17-22)30(26,27)16-18-9-4-2-5-10-18/h2-7,9-12H,8,13-17H2,1H3. The zero-order valence-electron chi connectivity index (χ0n) is 16.9. The molecule has 0 aliphatic carbocycles. The fourth-order valence-corrected chi connectivity index (χ4v) is 5.39. The Bertz CT molecular complexity index is 1070. The molecule has 2 heterocycles. The summed E-state index contributed by atoms with van der Waals surface area (Å²) in [7, 11) is -3.43. The van der Waals surface area contributed by atoms with Crippen molar-refractivity contribution in [3.63, 3.8) is 0 Å². The molecule has 1 aliphatic heterocycles. The maximum atomic E-state index is 13.0. The lowest BCUT2D eigenvalue weighted by Crippen LogP contribution is -2.47. The Balaban J connectivity index is 1.44. The third-order valence-electron chi connectivity index (χ3n) is 5.36. The molecule has 1 aliphatic rings. The first-order chi connectivity index (χ1) is 14.4. The molecule has 1 saturated heterocycles. The molecule has 0 radical (unpaired) electrons. The van der Waals surface area contributed by atoms with Crippen molar-refractivity contribution >= 4 is 10.0 Å². The lowest BCUT2D eigenvalue weighted by Gasteiger charge is -2.37. The molecule has 0 N–H and O–H groups in total. The highest BCUT2D eigenvalue weighted by atomic mass is 32.2. The normalized spacial score (nSPS) is 20.2. The molecule has 1 fully saturated rings. The van der Waals surface area contributed by atoms with Gasteiger partial charge < -0.3 is 9.26 Å². The van der Waals surface area contributed by atoms with Crippen LogP contribution in [0, 0.1) is 0 Å². The van der Waals surface area contributed by atoms with Crippen molar-refractivity contribution in [2.45, 2.75) is 37.5 Å². The molecular weight excluding hydrogens is 402 g/mol. The van der Waals surface area contributed by atoms with E-state index in [-0.39, 0.29) is 12.4 Å². The van der Waals surface area contributed by atoms with Crippen molar-refractivity contribution in [1.29, 1.82) is 0 Å². The van der Waals surface area contributed by atoms with Gasteiger partial charge in [-0.05, 0) is 30.5 Å². The number of ether oxygens (including phenoxy) is 1. The number of hydrogen-bond acceptors (Lipinski definition) is 6. The molecule has 0 amide bonds. The Kier molecular flexibility index (Phi) is 5.87. The first kappa shape index (κ1) is 20.6. The second kappa shape index (κ2) is 8.57.